The Morgan fingerprint density at radius 3 is 1.38 bits per heavy atom. The first-order valence-corrected chi connectivity index (χ1v) is 15.7. The normalized spacial score (nSPS) is 12.1. The summed E-state index contributed by atoms with van der Waals surface area (Å²) in [4.78, 5) is 0. The zero-order chi connectivity index (χ0) is 26.4. The molecule has 0 aliphatic rings. The van der Waals surface area contributed by atoms with Crippen molar-refractivity contribution in [2.45, 2.75) is 136 Å². The summed E-state index contributed by atoms with van der Waals surface area (Å²) in [6.07, 6.45) is 23.0. The second-order valence-corrected chi connectivity index (χ2v) is 10.8. The van der Waals surface area contributed by atoms with Crippen LogP contribution >= 0.6 is 0 Å². The molecule has 0 amide bonds. The molecular formula is C35H56O2. The standard InChI is InChI=1S/C35H56O2/c1-4-6-8-10-12-13-14-15-16-18-19-29-36-31(3)32-21-23-33(24-22-32)34-25-27-35(28-26-34)37-30-20-17-11-9-7-5-2/h21-28,31H,4-20,29-30H2,1-3H3. The van der Waals surface area contributed by atoms with E-state index in [0.717, 1.165) is 25.4 Å². The van der Waals surface area contributed by atoms with Crippen LogP contribution in [0, 0.1) is 0 Å². The third kappa shape index (κ3) is 14.6. The second kappa shape index (κ2) is 21.2. The van der Waals surface area contributed by atoms with Crippen LogP contribution in [0.15, 0.2) is 48.5 Å². The Hall–Kier alpha value is -1.80. The highest BCUT2D eigenvalue weighted by molar-refractivity contribution is 5.64. The van der Waals surface area contributed by atoms with Crippen molar-refractivity contribution in [3.8, 4) is 16.9 Å². The summed E-state index contributed by atoms with van der Waals surface area (Å²) in [5.74, 6) is 0.971. The summed E-state index contributed by atoms with van der Waals surface area (Å²) in [6, 6.07) is 17.4. The van der Waals surface area contributed by atoms with Gasteiger partial charge < -0.3 is 9.47 Å². The highest BCUT2D eigenvalue weighted by atomic mass is 16.5. The molecule has 2 heteroatoms. The van der Waals surface area contributed by atoms with E-state index in [9.17, 15) is 0 Å². The lowest BCUT2D eigenvalue weighted by atomic mass is 10.0. The van der Waals surface area contributed by atoms with Gasteiger partial charge in [0.2, 0.25) is 0 Å². The molecule has 0 spiro atoms. The molecular weight excluding hydrogens is 452 g/mol. The number of ether oxygens (including phenoxy) is 2. The van der Waals surface area contributed by atoms with Crippen molar-refractivity contribution in [3.63, 3.8) is 0 Å². The van der Waals surface area contributed by atoms with Gasteiger partial charge in [0.15, 0.2) is 0 Å². The topological polar surface area (TPSA) is 18.5 Å². The molecule has 0 radical (unpaired) electrons. The van der Waals surface area contributed by atoms with E-state index in [0.29, 0.717) is 0 Å². The molecule has 0 saturated heterocycles. The Morgan fingerprint density at radius 2 is 0.892 bits per heavy atom. The van der Waals surface area contributed by atoms with Crippen molar-refractivity contribution in [2.75, 3.05) is 13.2 Å². The van der Waals surface area contributed by atoms with Crippen LogP contribution in [0.1, 0.15) is 142 Å². The molecule has 2 aromatic rings. The van der Waals surface area contributed by atoms with Crippen LogP contribution in [-0.4, -0.2) is 13.2 Å². The largest absolute Gasteiger partial charge is 0.494 e. The van der Waals surface area contributed by atoms with Crippen molar-refractivity contribution in [1.29, 1.82) is 0 Å². The third-order valence-electron chi connectivity index (χ3n) is 7.45. The molecule has 0 aliphatic heterocycles. The predicted molar refractivity (Wildman–Crippen MR) is 162 cm³/mol. The van der Waals surface area contributed by atoms with Gasteiger partial charge in [0, 0.05) is 6.61 Å². The molecule has 0 aromatic heterocycles. The predicted octanol–water partition coefficient (Wildman–Crippen LogP) is 11.5. The first-order chi connectivity index (χ1) is 18.2. The van der Waals surface area contributed by atoms with Gasteiger partial charge in [0.1, 0.15) is 5.75 Å². The maximum absolute atomic E-state index is 6.13. The lowest BCUT2D eigenvalue weighted by Gasteiger charge is -2.14. The average Bonchev–Trinajstić information content (AvgIpc) is 2.93. The molecule has 0 heterocycles. The van der Waals surface area contributed by atoms with Gasteiger partial charge >= 0.3 is 0 Å². The molecule has 2 rings (SSSR count). The van der Waals surface area contributed by atoms with E-state index in [2.05, 4.69) is 69.3 Å². The van der Waals surface area contributed by atoms with Crippen molar-refractivity contribution in [1.82, 2.24) is 0 Å². The van der Waals surface area contributed by atoms with E-state index in [1.807, 2.05) is 0 Å². The fourth-order valence-electron chi connectivity index (χ4n) is 4.89. The van der Waals surface area contributed by atoms with Crippen LogP contribution in [0.25, 0.3) is 11.1 Å². The molecule has 0 N–H and O–H groups in total. The van der Waals surface area contributed by atoms with Crippen LogP contribution in [-0.2, 0) is 4.74 Å². The van der Waals surface area contributed by atoms with Crippen LogP contribution in [0.4, 0.5) is 0 Å². The summed E-state index contributed by atoms with van der Waals surface area (Å²) in [5, 5.41) is 0. The highest BCUT2D eigenvalue weighted by Gasteiger charge is 2.07. The number of hydrogen-bond donors (Lipinski definition) is 0. The van der Waals surface area contributed by atoms with Crippen molar-refractivity contribution < 1.29 is 9.47 Å². The summed E-state index contributed by atoms with van der Waals surface area (Å²) in [5.41, 5.74) is 3.72. The highest BCUT2D eigenvalue weighted by Crippen LogP contribution is 2.26. The maximum atomic E-state index is 6.13. The van der Waals surface area contributed by atoms with Gasteiger partial charge in [0.05, 0.1) is 12.7 Å². The minimum absolute atomic E-state index is 0.148. The van der Waals surface area contributed by atoms with E-state index in [-0.39, 0.29) is 6.10 Å². The van der Waals surface area contributed by atoms with Crippen LogP contribution < -0.4 is 4.74 Å². The average molecular weight is 509 g/mol. The van der Waals surface area contributed by atoms with Crippen molar-refractivity contribution in [2.24, 2.45) is 0 Å². The quantitative estimate of drug-likeness (QED) is 0.139. The lowest BCUT2D eigenvalue weighted by Crippen LogP contribution is -2.01. The molecule has 0 bridgehead atoms. The number of hydrogen-bond acceptors (Lipinski definition) is 2. The second-order valence-electron chi connectivity index (χ2n) is 10.8. The molecule has 0 fully saturated rings. The smallest absolute Gasteiger partial charge is 0.119 e. The first kappa shape index (κ1) is 31.4. The van der Waals surface area contributed by atoms with Crippen LogP contribution in [0.2, 0.25) is 0 Å². The summed E-state index contributed by atoms with van der Waals surface area (Å²) in [6.45, 7) is 8.40. The fourth-order valence-corrected chi connectivity index (χ4v) is 4.89. The van der Waals surface area contributed by atoms with Gasteiger partial charge in [-0.15, -0.1) is 0 Å². The molecule has 0 aliphatic carbocycles. The Balaban J connectivity index is 1.57. The van der Waals surface area contributed by atoms with Crippen molar-refractivity contribution in [3.05, 3.63) is 54.1 Å². The van der Waals surface area contributed by atoms with E-state index >= 15 is 0 Å². The number of unbranched alkanes of at least 4 members (excludes halogenated alkanes) is 15. The summed E-state index contributed by atoms with van der Waals surface area (Å²) >= 11 is 0. The van der Waals surface area contributed by atoms with Gasteiger partial charge in [-0.25, -0.2) is 0 Å². The molecule has 208 valence electrons. The number of rotatable bonds is 23. The van der Waals surface area contributed by atoms with Gasteiger partial charge in [0.25, 0.3) is 0 Å². The van der Waals surface area contributed by atoms with Gasteiger partial charge in [-0.1, -0.05) is 147 Å². The molecule has 2 aromatic carbocycles. The molecule has 37 heavy (non-hydrogen) atoms. The van der Waals surface area contributed by atoms with Gasteiger partial charge in [-0.3, -0.25) is 0 Å². The van der Waals surface area contributed by atoms with Gasteiger partial charge in [-0.2, -0.15) is 0 Å². The first-order valence-electron chi connectivity index (χ1n) is 15.7. The number of benzene rings is 2. The van der Waals surface area contributed by atoms with E-state index in [1.165, 1.54) is 119 Å². The molecule has 0 saturated carbocycles. The summed E-state index contributed by atoms with van der Waals surface area (Å²) < 4.78 is 12.1. The Morgan fingerprint density at radius 1 is 0.486 bits per heavy atom. The van der Waals surface area contributed by atoms with E-state index in [1.54, 1.807) is 0 Å². The lowest BCUT2D eigenvalue weighted by molar-refractivity contribution is 0.0627. The molecule has 2 nitrogen and oxygen atoms in total. The summed E-state index contributed by atoms with van der Waals surface area (Å²) in [7, 11) is 0. The Kier molecular flexibility index (Phi) is 18.0. The monoisotopic (exact) mass is 508 g/mol. The third-order valence-corrected chi connectivity index (χ3v) is 7.45. The maximum Gasteiger partial charge on any atom is 0.119 e. The minimum atomic E-state index is 0.148. The van der Waals surface area contributed by atoms with Crippen LogP contribution in [0.3, 0.4) is 0 Å². The van der Waals surface area contributed by atoms with E-state index in [4.69, 9.17) is 9.47 Å². The van der Waals surface area contributed by atoms with Crippen LogP contribution in [0.5, 0.6) is 5.75 Å². The molecule has 1 atom stereocenters. The zero-order valence-electron chi connectivity index (χ0n) is 24.4. The van der Waals surface area contributed by atoms with E-state index < -0.39 is 0 Å². The van der Waals surface area contributed by atoms with Crippen molar-refractivity contribution >= 4 is 0 Å². The fraction of sp³-hybridized carbons (Fsp3) is 0.657. The Labute approximate surface area is 229 Å². The SMILES string of the molecule is CCCCCCCCCCCCCOC(C)c1ccc(-c2ccc(OCCCCCCCC)cc2)cc1. The van der Waals surface area contributed by atoms with Gasteiger partial charge in [-0.05, 0) is 48.6 Å². The zero-order valence-corrected chi connectivity index (χ0v) is 24.4. The minimum Gasteiger partial charge on any atom is -0.494 e. The Bertz CT molecular complexity index is 765. The molecule has 1 unspecified atom stereocenters.